The van der Waals surface area contributed by atoms with Crippen molar-refractivity contribution >= 4 is 43.6 Å². The minimum absolute atomic E-state index is 0.132. The SMILES string of the molecule is C=C(C)COCCOCCOCCOCCOc1ccc(CCNc2nc(Cl)nc3c2cnn3[C@@H]2O[C@H](COP(=O)(O)CP(=O)(O)O)[C@@H](O)[C@H]2O)cc1. The predicted octanol–water partition coefficient (Wildman–Crippen LogP) is 2.11. The zero-order chi connectivity index (χ0) is 38.4. The molecular weight excluding hydrogens is 764 g/mol. The number of anilines is 1. The van der Waals surface area contributed by atoms with E-state index in [4.69, 9.17) is 54.3 Å². The van der Waals surface area contributed by atoms with Crippen molar-refractivity contribution in [3.63, 3.8) is 0 Å². The molecule has 1 aromatic carbocycles. The third-order valence-corrected chi connectivity index (χ3v) is 11.0. The molecule has 3 heterocycles. The fraction of sp³-hybridized carbons (Fsp3) is 0.581. The maximum Gasteiger partial charge on any atom is 0.340 e. The molecule has 0 bridgehead atoms. The first-order chi connectivity index (χ1) is 25.2. The number of fused-ring (bicyclic) bond motifs is 1. The summed E-state index contributed by atoms with van der Waals surface area (Å²) in [5, 5.41) is 28.9. The normalized spacial score (nSPS) is 20.1. The fourth-order valence-electron chi connectivity index (χ4n) is 4.95. The first-order valence-corrected chi connectivity index (χ1v) is 20.5. The number of aliphatic hydroxyl groups is 2. The number of halogens is 1. The Morgan fingerprint density at radius 2 is 1.57 bits per heavy atom. The Kier molecular flexibility index (Phi) is 17.0. The highest BCUT2D eigenvalue weighted by Crippen LogP contribution is 2.55. The van der Waals surface area contributed by atoms with Crippen molar-refractivity contribution in [2.45, 2.75) is 37.9 Å². The maximum absolute atomic E-state index is 12.0. The second kappa shape index (κ2) is 20.9. The zero-order valence-corrected chi connectivity index (χ0v) is 31.6. The van der Waals surface area contributed by atoms with Crippen LogP contribution in [0, 0.1) is 0 Å². The van der Waals surface area contributed by atoms with Gasteiger partial charge >= 0.3 is 15.2 Å². The fourth-order valence-corrected chi connectivity index (χ4v) is 7.69. The van der Waals surface area contributed by atoms with Crippen LogP contribution >= 0.6 is 26.8 Å². The lowest BCUT2D eigenvalue weighted by Crippen LogP contribution is -2.33. The molecule has 1 unspecified atom stereocenters. The molecule has 53 heavy (non-hydrogen) atoms. The Bertz CT molecular complexity index is 1700. The molecule has 6 N–H and O–H groups in total. The molecule has 4 rings (SSSR count). The number of aliphatic hydroxyl groups excluding tert-OH is 2. The van der Waals surface area contributed by atoms with E-state index in [1.807, 2.05) is 31.2 Å². The second-order valence-electron chi connectivity index (χ2n) is 12.0. The topological polar surface area (TPSA) is 256 Å². The summed E-state index contributed by atoms with van der Waals surface area (Å²) in [7, 11) is -9.58. The van der Waals surface area contributed by atoms with Crippen LogP contribution in [0.4, 0.5) is 5.82 Å². The summed E-state index contributed by atoms with van der Waals surface area (Å²) < 4.78 is 62.3. The Labute approximate surface area is 310 Å². The number of hydrogen-bond acceptors (Lipinski definition) is 15. The van der Waals surface area contributed by atoms with Gasteiger partial charge in [0, 0.05) is 6.54 Å². The average molecular weight is 810 g/mol. The van der Waals surface area contributed by atoms with Crippen molar-refractivity contribution in [2.75, 3.05) is 83.8 Å². The van der Waals surface area contributed by atoms with Crippen molar-refractivity contribution in [1.29, 1.82) is 0 Å². The van der Waals surface area contributed by atoms with Crippen LogP contribution < -0.4 is 10.1 Å². The van der Waals surface area contributed by atoms with Crippen molar-refractivity contribution in [2.24, 2.45) is 0 Å². The van der Waals surface area contributed by atoms with Gasteiger partial charge in [-0.1, -0.05) is 24.3 Å². The maximum atomic E-state index is 12.0. The first-order valence-electron chi connectivity index (χ1n) is 16.6. The smallest absolute Gasteiger partial charge is 0.340 e. The van der Waals surface area contributed by atoms with Crippen LogP contribution in [0.1, 0.15) is 18.7 Å². The van der Waals surface area contributed by atoms with Crippen LogP contribution in [0.25, 0.3) is 11.0 Å². The number of aromatic nitrogens is 4. The highest BCUT2D eigenvalue weighted by molar-refractivity contribution is 7.70. The Morgan fingerprint density at radius 3 is 2.19 bits per heavy atom. The number of nitrogens with one attached hydrogen (secondary N) is 1. The van der Waals surface area contributed by atoms with E-state index >= 15 is 0 Å². The molecule has 3 aromatic rings. The Balaban J connectivity index is 1.16. The van der Waals surface area contributed by atoms with Gasteiger partial charge in [0.2, 0.25) is 5.28 Å². The Morgan fingerprint density at radius 1 is 0.943 bits per heavy atom. The third kappa shape index (κ3) is 14.5. The van der Waals surface area contributed by atoms with E-state index in [1.165, 1.54) is 10.9 Å². The molecule has 1 aliphatic heterocycles. The molecule has 0 aliphatic carbocycles. The highest BCUT2D eigenvalue weighted by atomic mass is 35.5. The molecule has 0 radical (unpaired) electrons. The predicted molar refractivity (Wildman–Crippen MR) is 191 cm³/mol. The molecule has 1 saturated heterocycles. The van der Waals surface area contributed by atoms with Gasteiger partial charge in [-0.25, -0.2) is 4.68 Å². The molecule has 19 nitrogen and oxygen atoms in total. The first kappa shape index (κ1) is 43.2. The lowest BCUT2D eigenvalue weighted by atomic mass is 10.1. The molecule has 0 spiro atoms. The van der Waals surface area contributed by atoms with Crippen LogP contribution in [-0.4, -0.2) is 141 Å². The van der Waals surface area contributed by atoms with E-state index in [2.05, 4.69) is 27.0 Å². The zero-order valence-electron chi connectivity index (χ0n) is 29.1. The number of nitrogens with zero attached hydrogens (tertiary/aromatic N) is 4. The number of hydrogen-bond donors (Lipinski definition) is 6. The summed E-state index contributed by atoms with van der Waals surface area (Å²) in [6.07, 6.45) is -3.78. The lowest BCUT2D eigenvalue weighted by molar-refractivity contribution is -0.0541. The van der Waals surface area contributed by atoms with Crippen LogP contribution in [0.15, 0.2) is 42.6 Å². The van der Waals surface area contributed by atoms with Crippen LogP contribution in [0.3, 0.4) is 0 Å². The quantitative estimate of drug-likeness (QED) is 0.0310. The highest BCUT2D eigenvalue weighted by Gasteiger charge is 2.46. The van der Waals surface area contributed by atoms with E-state index < -0.39 is 52.2 Å². The van der Waals surface area contributed by atoms with E-state index in [9.17, 15) is 24.2 Å². The summed E-state index contributed by atoms with van der Waals surface area (Å²) in [5.41, 5.74) is 2.16. The van der Waals surface area contributed by atoms with E-state index in [1.54, 1.807) is 0 Å². The monoisotopic (exact) mass is 809 g/mol. The summed E-state index contributed by atoms with van der Waals surface area (Å²) in [4.78, 5) is 36.2. The van der Waals surface area contributed by atoms with Gasteiger partial charge in [0.15, 0.2) is 17.8 Å². The Hall–Kier alpha value is -2.58. The summed E-state index contributed by atoms with van der Waals surface area (Å²) in [6, 6.07) is 7.60. The van der Waals surface area contributed by atoms with Gasteiger partial charge in [-0.3, -0.25) is 9.13 Å². The van der Waals surface area contributed by atoms with Crippen LogP contribution in [0.5, 0.6) is 5.75 Å². The molecule has 2 aromatic heterocycles. The molecule has 22 heteroatoms. The van der Waals surface area contributed by atoms with E-state index in [0.717, 1.165) is 11.1 Å². The molecule has 0 saturated carbocycles. The van der Waals surface area contributed by atoms with Crippen molar-refractivity contribution in [3.05, 3.63) is 53.5 Å². The average Bonchev–Trinajstić information content (AvgIpc) is 3.62. The van der Waals surface area contributed by atoms with E-state index in [-0.39, 0.29) is 10.9 Å². The van der Waals surface area contributed by atoms with Crippen molar-refractivity contribution in [3.8, 4) is 5.75 Å². The standard InChI is InChI=1S/C31H46ClN5O14P2/c1-21(2)18-48-14-13-46-10-9-45-11-12-47-15-16-49-23-5-3-22(4-6-23)7-8-33-28-24-17-34-37(29(24)36-31(32)35-28)30-27(39)26(38)25(51-30)19-50-53(43,44)20-52(40,41)42/h3-6,17,25-27,30,38-39H,1,7-16,18-20H2,2H3,(H,43,44)(H,33,35,36)(H2,40,41,42)/t25-,26-,27-,30-/m1/s1. The molecule has 1 aliphatic rings. The second-order valence-corrected chi connectivity index (χ2v) is 16.3. The lowest BCUT2D eigenvalue weighted by Gasteiger charge is -2.18. The van der Waals surface area contributed by atoms with Crippen LogP contribution in [-0.2, 0) is 43.8 Å². The van der Waals surface area contributed by atoms with Gasteiger partial charge in [-0.15, -0.1) is 0 Å². The minimum Gasteiger partial charge on any atom is -0.491 e. The number of rotatable bonds is 25. The summed E-state index contributed by atoms with van der Waals surface area (Å²) in [6.45, 7) is 9.61. The van der Waals surface area contributed by atoms with Crippen LogP contribution in [0.2, 0.25) is 5.28 Å². The molecule has 1 fully saturated rings. The van der Waals surface area contributed by atoms with Gasteiger partial charge in [0.05, 0.1) is 71.0 Å². The largest absolute Gasteiger partial charge is 0.491 e. The number of ether oxygens (including phenoxy) is 6. The summed E-state index contributed by atoms with van der Waals surface area (Å²) >= 11 is 6.20. The molecule has 0 amide bonds. The third-order valence-electron chi connectivity index (χ3n) is 7.40. The van der Waals surface area contributed by atoms with Gasteiger partial charge in [-0.05, 0) is 42.6 Å². The van der Waals surface area contributed by atoms with Gasteiger partial charge in [0.25, 0.3) is 0 Å². The van der Waals surface area contributed by atoms with Gasteiger partial charge in [0.1, 0.15) is 36.5 Å². The number of benzene rings is 1. The molecule has 296 valence electrons. The summed E-state index contributed by atoms with van der Waals surface area (Å²) in [5.74, 6) is -0.357. The van der Waals surface area contributed by atoms with Crippen molar-refractivity contribution < 1.29 is 67.0 Å². The molecule has 5 atom stereocenters. The van der Waals surface area contributed by atoms with E-state index in [0.29, 0.717) is 89.4 Å². The minimum atomic E-state index is -4.86. The van der Waals surface area contributed by atoms with Crippen molar-refractivity contribution in [1.82, 2.24) is 19.7 Å². The van der Waals surface area contributed by atoms with Gasteiger partial charge < -0.3 is 63.2 Å². The molecular formula is C31H46ClN5O14P2. The van der Waals surface area contributed by atoms with Gasteiger partial charge in [-0.2, -0.15) is 15.1 Å².